The first kappa shape index (κ1) is 23.4. The fraction of sp³-hybridized carbons (Fsp3) is 0.600. The molecule has 1 saturated carbocycles. The van der Waals surface area contributed by atoms with Gasteiger partial charge >= 0.3 is 0 Å². The van der Waals surface area contributed by atoms with Crippen LogP contribution < -0.4 is 10.6 Å². The zero-order valence-corrected chi connectivity index (χ0v) is 20.6. The van der Waals surface area contributed by atoms with Crippen molar-refractivity contribution in [3.63, 3.8) is 0 Å². The third kappa shape index (κ3) is 4.95. The number of hydrogen-bond acceptors (Lipinski definition) is 5. The molecule has 0 radical (unpaired) electrons. The number of fused-ring (bicyclic) bond motifs is 1. The van der Waals surface area contributed by atoms with Gasteiger partial charge in [0, 0.05) is 35.4 Å². The molecule has 3 aromatic heterocycles. The lowest BCUT2D eigenvalue weighted by molar-refractivity contribution is 0.0917. The third-order valence-electron chi connectivity index (χ3n) is 7.00. The van der Waals surface area contributed by atoms with Gasteiger partial charge in [0.25, 0.3) is 5.91 Å². The number of carbonyl (C=O) groups is 1. The average molecular weight is 452 g/mol. The maximum atomic E-state index is 13.2. The molecule has 1 unspecified atom stereocenters. The first-order valence-corrected chi connectivity index (χ1v) is 12.2. The van der Waals surface area contributed by atoms with E-state index in [0.29, 0.717) is 23.7 Å². The number of hydrogen-bond donors (Lipinski definition) is 3. The lowest BCUT2D eigenvalue weighted by atomic mass is 9.89. The van der Waals surface area contributed by atoms with Crippen molar-refractivity contribution >= 4 is 11.6 Å². The summed E-state index contributed by atoms with van der Waals surface area (Å²) < 4.78 is 1.76. The summed E-state index contributed by atoms with van der Waals surface area (Å²) >= 11 is 0. The second kappa shape index (κ2) is 9.63. The van der Waals surface area contributed by atoms with E-state index < -0.39 is 0 Å². The molecule has 3 aromatic rings. The third-order valence-corrected chi connectivity index (χ3v) is 7.00. The first-order valence-electron chi connectivity index (χ1n) is 12.2. The molecule has 33 heavy (non-hydrogen) atoms. The second-order valence-electron chi connectivity index (χ2n) is 10.2. The number of H-pyrrole nitrogens is 1. The Balaban J connectivity index is 1.48. The fourth-order valence-corrected chi connectivity index (χ4v) is 4.76. The van der Waals surface area contributed by atoms with Gasteiger partial charge in [-0.15, -0.1) is 0 Å². The van der Waals surface area contributed by atoms with Crippen molar-refractivity contribution in [1.82, 2.24) is 35.4 Å². The van der Waals surface area contributed by atoms with Gasteiger partial charge in [-0.1, -0.05) is 27.7 Å². The molecule has 0 aromatic carbocycles. The largest absolute Gasteiger partial charge is 0.348 e. The molecule has 3 N–H and O–H groups in total. The van der Waals surface area contributed by atoms with E-state index in [2.05, 4.69) is 71.6 Å². The Morgan fingerprint density at radius 1 is 1.12 bits per heavy atom. The molecule has 0 spiro atoms. The fourth-order valence-electron chi connectivity index (χ4n) is 4.76. The Morgan fingerprint density at radius 2 is 1.82 bits per heavy atom. The molecular weight excluding hydrogens is 414 g/mol. The maximum Gasteiger partial charge on any atom is 0.269 e. The normalized spacial score (nSPS) is 20.0. The van der Waals surface area contributed by atoms with Crippen molar-refractivity contribution < 1.29 is 4.79 Å². The highest BCUT2D eigenvalue weighted by atomic mass is 16.2. The quantitative estimate of drug-likeness (QED) is 0.499. The van der Waals surface area contributed by atoms with Gasteiger partial charge in [-0.2, -0.15) is 10.2 Å². The van der Waals surface area contributed by atoms with E-state index in [1.807, 2.05) is 13.1 Å². The van der Waals surface area contributed by atoms with Crippen molar-refractivity contribution in [3.8, 4) is 11.3 Å². The molecule has 1 amide bonds. The Hall–Kier alpha value is -2.74. The number of aryl methyl sites for hydroxylation is 1. The van der Waals surface area contributed by atoms with Crippen LogP contribution in [-0.4, -0.2) is 48.8 Å². The van der Waals surface area contributed by atoms with Gasteiger partial charge in [-0.25, -0.2) is 9.50 Å². The molecule has 178 valence electrons. The van der Waals surface area contributed by atoms with Gasteiger partial charge < -0.3 is 10.6 Å². The van der Waals surface area contributed by atoms with Crippen LogP contribution in [0.2, 0.25) is 0 Å². The number of amides is 1. The van der Waals surface area contributed by atoms with Crippen LogP contribution in [-0.2, 0) is 0 Å². The molecule has 3 heterocycles. The molecule has 1 aliphatic rings. The molecule has 0 bridgehead atoms. The summed E-state index contributed by atoms with van der Waals surface area (Å²) in [7, 11) is 0. The van der Waals surface area contributed by atoms with Crippen LogP contribution in [0.15, 0.2) is 18.6 Å². The summed E-state index contributed by atoms with van der Waals surface area (Å²) in [6.07, 6.45) is 7.63. The minimum Gasteiger partial charge on any atom is -0.348 e. The van der Waals surface area contributed by atoms with E-state index in [1.165, 1.54) is 0 Å². The molecule has 0 saturated heterocycles. The molecule has 1 aliphatic carbocycles. The Bertz CT molecular complexity index is 1110. The number of rotatable bonds is 7. The van der Waals surface area contributed by atoms with Crippen LogP contribution in [0.25, 0.3) is 16.9 Å². The number of nitrogens with zero attached hydrogens (tertiary/aromatic N) is 4. The van der Waals surface area contributed by atoms with Crippen molar-refractivity contribution in [2.45, 2.75) is 91.3 Å². The topological polar surface area (TPSA) is 100 Å². The highest BCUT2D eigenvalue weighted by molar-refractivity contribution is 5.96. The standard InChI is InChI=1S/C25H37N7O/c1-14(2)17(6)28-19-7-9-20(10-8-19)29-25(33)23-21(15(3)4)22(30-31-23)18-11-16(5)24-26-13-27-32(24)12-18/h11-15,17,19-20,28H,7-10H2,1-6H3,(H,29,33)(H,30,31). The Kier molecular flexibility index (Phi) is 6.83. The monoisotopic (exact) mass is 451 g/mol. The lowest BCUT2D eigenvalue weighted by Crippen LogP contribution is -2.45. The lowest BCUT2D eigenvalue weighted by Gasteiger charge is -2.32. The smallest absolute Gasteiger partial charge is 0.269 e. The summed E-state index contributed by atoms with van der Waals surface area (Å²) in [5, 5.41) is 18.9. The molecule has 8 heteroatoms. The van der Waals surface area contributed by atoms with Crippen LogP contribution in [0.4, 0.5) is 0 Å². The van der Waals surface area contributed by atoms with Gasteiger partial charge in [0.2, 0.25) is 0 Å². The summed E-state index contributed by atoms with van der Waals surface area (Å²) in [5.74, 6) is 0.701. The van der Waals surface area contributed by atoms with E-state index in [1.54, 1.807) is 10.8 Å². The van der Waals surface area contributed by atoms with Crippen LogP contribution in [0.1, 0.15) is 87.8 Å². The SMILES string of the molecule is Cc1cc(-c2n[nH]c(C(=O)NC3CCC(NC(C)C(C)C)CC3)c2C(C)C)cn2ncnc12. The number of nitrogens with one attached hydrogen (secondary N) is 3. The van der Waals surface area contributed by atoms with Crippen molar-refractivity contribution in [3.05, 3.63) is 35.4 Å². The molecule has 8 nitrogen and oxygen atoms in total. The van der Waals surface area contributed by atoms with E-state index in [4.69, 9.17) is 0 Å². The first-order chi connectivity index (χ1) is 15.7. The van der Waals surface area contributed by atoms with Crippen LogP contribution in [0, 0.1) is 12.8 Å². The van der Waals surface area contributed by atoms with E-state index >= 15 is 0 Å². The Labute approximate surface area is 196 Å². The number of aromatic nitrogens is 5. The molecule has 1 fully saturated rings. The van der Waals surface area contributed by atoms with Gasteiger partial charge in [0.05, 0.1) is 5.69 Å². The predicted octanol–water partition coefficient (Wildman–Crippen LogP) is 4.23. The molecular formula is C25H37N7O. The summed E-state index contributed by atoms with van der Waals surface area (Å²) in [4.78, 5) is 17.5. The van der Waals surface area contributed by atoms with Crippen molar-refractivity contribution in [1.29, 1.82) is 0 Å². The number of aromatic amines is 1. The van der Waals surface area contributed by atoms with Crippen molar-refractivity contribution in [2.24, 2.45) is 5.92 Å². The van der Waals surface area contributed by atoms with Crippen LogP contribution >= 0.6 is 0 Å². The van der Waals surface area contributed by atoms with Crippen molar-refractivity contribution in [2.75, 3.05) is 0 Å². The Morgan fingerprint density at radius 3 is 2.48 bits per heavy atom. The molecule has 0 aliphatic heterocycles. The summed E-state index contributed by atoms with van der Waals surface area (Å²) in [6, 6.07) is 3.31. The summed E-state index contributed by atoms with van der Waals surface area (Å²) in [5.41, 5.74) is 5.07. The summed E-state index contributed by atoms with van der Waals surface area (Å²) in [6.45, 7) is 13.0. The van der Waals surface area contributed by atoms with Gasteiger partial charge in [-0.3, -0.25) is 9.89 Å². The molecule has 1 atom stereocenters. The predicted molar refractivity (Wildman–Crippen MR) is 130 cm³/mol. The number of carbonyl (C=O) groups excluding carboxylic acids is 1. The van der Waals surface area contributed by atoms with Gasteiger partial charge in [-0.05, 0) is 63.0 Å². The van der Waals surface area contributed by atoms with E-state index in [0.717, 1.165) is 53.7 Å². The van der Waals surface area contributed by atoms with Gasteiger partial charge in [0.15, 0.2) is 5.65 Å². The van der Waals surface area contributed by atoms with Crippen LogP contribution in [0.3, 0.4) is 0 Å². The minimum atomic E-state index is -0.0667. The van der Waals surface area contributed by atoms with Gasteiger partial charge in [0.1, 0.15) is 12.0 Å². The second-order valence-corrected chi connectivity index (χ2v) is 10.2. The van der Waals surface area contributed by atoms with Crippen LogP contribution in [0.5, 0.6) is 0 Å². The van der Waals surface area contributed by atoms with E-state index in [9.17, 15) is 4.79 Å². The highest BCUT2D eigenvalue weighted by Crippen LogP contribution is 2.31. The molecule has 4 rings (SSSR count). The number of pyridine rings is 1. The highest BCUT2D eigenvalue weighted by Gasteiger charge is 2.27. The average Bonchev–Trinajstić information content (AvgIpc) is 3.42. The van der Waals surface area contributed by atoms with E-state index in [-0.39, 0.29) is 17.9 Å². The maximum absolute atomic E-state index is 13.2. The zero-order chi connectivity index (χ0) is 23.7. The zero-order valence-electron chi connectivity index (χ0n) is 20.6. The minimum absolute atomic E-state index is 0.0667.